The van der Waals surface area contributed by atoms with Gasteiger partial charge in [-0.1, -0.05) is 0 Å². The molecule has 134 valence electrons. The summed E-state index contributed by atoms with van der Waals surface area (Å²) in [5.74, 6) is 0.788. The Hall–Kier alpha value is -1.89. The number of carbonyl (C=O) groups is 1. The smallest absolute Gasteiger partial charge is 0.317 e. The number of hydrogen-bond acceptors (Lipinski definition) is 5. The van der Waals surface area contributed by atoms with Crippen LogP contribution < -0.4 is 10.6 Å². The number of hydrogen-bond donors (Lipinski definition) is 2. The summed E-state index contributed by atoms with van der Waals surface area (Å²) in [6.07, 6.45) is 4.24. The van der Waals surface area contributed by atoms with Crippen LogP contribution in [0.2, 0.25) is 0 Å². The fourth-order valence-corrected chi connectivity index (χ4v) is 2.99. The van der Waals surface area contributed by atoms with Gasteiger partial charge in [0.25, 0.3) is 0 Å². The maximum absolute atomic E-state index is 12.4. The van der Waals surface area contributed by atoms with Gasteiger partial charge in [0, 0.05) is 38.5 Å². The van der Waals surface area contributed by atoms with Crippen LogP contribution in [0.1, 0.15) is 40.0 Å². The number of anilines is 1. The number of piperidine rings is 1. The minimum absolute atomic E-state index is 0.00681. The number of nitrogens with one attached hydrogen (secondary N) is 2. The molecule has 0 unspecified atom stereocenters. The van der Waals surface area contributed by atoms with E-state index in [2.05, 4.69) is 20.8 Å². The average Bonchev–Trinajstić information content (AvgIpc) is 2.56. The summed E-state index contributed by atoms with van der Waals surface area (Å²) >= 11 is 0. The molecule has 0 bridgehead atoms. The molecular weight excluding hydrogens is 306 g/mol. The van der Waals surface area contributed by atoms with E-state index in [0.29, 0.717) is 6.04 Å². The third kappa shape index (κ3) is 5.63. The van der Waals surface area contributed by atoms with Crippen molar-refractivity contribution < 1.29 is 9.53 Å². The number of methoxy groups -OCH3 is 1. The van der Waals surface area contributed by atoms with Crippen molar-refractivity contribution in [3.63, 3.8) is 0 Å². The number of rotatable bonds is 6. The molecule has 7 heteroatoms. The molecule has 0 aromatic carbocycles. The number of amides is 2. The molecule has 1 aromatic heterocycles. The second kappa shape index (κ2) is 8.28. The summed E-state index contributed by atoms with van der Waals surface area (Å²) in [6.45, 7) is 7.55. The molecule has 2 rings (SSSR count). The molecule has 0 saturated carbocycles. The maximum atomic E-state index is 12.4. The molecule has 1 aliphatic rings. The normalized spacial score (nSPS) is 17.4. The van der Waals surface area contributed by atoms with Crippen LogP contribution in [0.5, 0.6) is 0 Å². The Morgan fingerprint density at radius 1 is 1.46 bits per heavy atom. The van der Waals surface area contributed by atoms with Crippen molar-refractivity contribution in [1.82, 2.24) is 20.4 Å². The molecule has 2 heterocycles. The zero-order chi connectivity index (χ0) is 17.6. The van der Waals surface area contributed by atoms with E-state index in [1.807, 2.05) is 37.8 Å². The van der Waals surface area contributed by atoms with Gasteiger partial charge in [0.05, 0.1) is 5.60 Å². The van der Waals surface area contributed by atoms with Crippen molar-refractivity contribution >= 4 is 11.8 Å². The first-order valence-corrected chi connectivity index (χ1v) is 8.54. The van der Waals surface area contributed by atoms with Crippen LogP contribution in [0, 0.1) is 0 Å². The minimum Gasteiger partial charge on any atom is -0.379 e. The Morgan fingerprint density at radius 2 is 2.17 bits per heavy atom. The monoisotopic (exact) mass is 335 g/mol. The first-order valence-electron chi connectivity index (χ1n) is 8.54. The van der Waals surface area contributed by atoms with Crippen molar-refractivity contribution in [2.75, 3.05) is 25.5 Å². The van der Waals surface area contributed by atoms with Gasteiger partial charge in [-0.2, -0.15) is 5.10 Å². The van der Waals surface area contributed by atoms with Gasteiger partial charge in [-0.05, 0) is 52.2 Å². The lowest BCUT2D eigenvalue weighted by atomic mass is 10.00. The van der Waals surface area contributed by atoms with E-state index in [4.69, 9.17) is 4.74 Å². The van der Waals surface area contributed by atoms with Gasteiger partial charge in [-0.25, -0.2) is 4.79 Å². The standard InChI is InChI=1S/C17H29N5O2/c1-13(12-17(2,3)24-4)19-16(23)22-10-7-14(8-11-22)20-15-6-5-9-18-21-15/h5-6,9,13-14H,7-8,10-12H2,1-4H3,(H,19,23)(H,20,21)/t13-/m1/s1. The highest BCUT2D eigenvalue weighted by atomic mass is 16.5. The zero-order valence-electron chi connectivity index (χ0n) is 15.1. The third-order valence-electron chi connectivity index (χ3n) is 4.43. The number of carbonyl (C=O) groups excluding carboxylic acids is 1. The number of likely N-dealkylation sites (tertiary alicyclic amines) is 1. The summed E-state index contributed by atoms with van der Waals surface area (Å²) in [5.41, 5.74) is -0.236. The maximum Gasteiger partial charge on any atom is 0.317 e. The molecule has 1 atom stereocenters. The van der Waals surface area contributed by atoms with Crippen molar-refractivity contribution in [3.05, 3.63) is 18.3 Å². The van der Waals surface area contributed by atoms with Gasteiger partial charge in [-0.15, -0.1) is 5.10 Å². The fraction of sp³-hybridized carbons (Fsp3) is 0.706. The summed E-state index contributed by atoms with van der Waals surface area (Å²) in [5, 5.41) is 14.3. The molecule has 2 N–H and O–H groups in total. The van der Waals surface area contributed by atoms with Crippen LogP contribution >= 0.6 is 0 Å². The van der Waals surface area contributed by atoms with Crippen LogP contribution in [0.25, 0.3) is 0 Å². The Morgan fingerprint density at radius 3 is 2.75 bits per heavy atom. The lowest BCUT2D eigenvalue weighted by Gasteiger charge is -2.34. The van der Waals surface area contributed by atoms with Gasteiger partial charge in [-0.3, -0.25) is 0 Å². The van der Waals surface area contributed by atoms with Crippen molar-refractivity contribution in [3.8, 4) is 0 Å². The predicted molar refractivity (Wildman–Crippen MR) is 93.9 cm³/mol. The highest BCUT2D eigenvalue weighted by molar-refractivity contribution is 5.74. The summed E-state index contributed by atoms with van der Waals surface area (Å²) in [4.78, 5) is 14.3. The summed E-state index contributed by atoms with van der Waals surface area (Å²) in [7, 11) is 1.70. The molecule has 2 amide bonds. The predicted octanol–water partition coefficient (Wildman–Crippen LogP) is 2.27. The third-order valence-corrected chi connectivity index (χ3v) is 4.43. The Balaban J connectivity index is 1.74. The lowest BCUT2D eigenvalue weighted by molar-refractivity contribution is 0.00908. The van der Waals surface area contributed by atoms with E-state index in [9.17, 15) is 4.79 Å². The van der Waals surface area contributed by atoms with Gasteiger partial charge >= 0.3 is 6.03 Å². The van der Waals surface area contributed by atoms with Crippen LogP contribution in [0.3, 0.4) is 0 Å². The molecule has 24 heavy (non-hydrogen) atoms. The van der Waals surface area contributed by atoms with Crippen molar-refractivity contribution in [1.29, 1.82) is 0 Å². The van der Waals surface area contributed by atoms with Crippen molar-refractivity contribution in [2.24, 2.45) is 0 Å². The molecule has 0 radical (unpaired) electrons. The van der Waals surface area contributed by atoms with Gasteiger partial charge in [0.1, 0.15) is 5.82 Å². The Kier molecular flexibility index (Phi) is 6.36. The van der Waals surface area contributed by atoms with Crippen molar-refractivity contribution in [2.45, 2.75) is 57.7 Å². The number of ether oxygens (including phenoxy) is 1. The highest BCUT2D eigenvalue weighted by Gasteiger charge is 2.26. The average molecular weight is 335 g/mol. The van der Waals surface area contributed by atoms with Crippen LogP contribution in [-0.2, 0) is 4.74 Å². The quantitative estimate of drug-likeness (QED) is 0.834. The molecular formula is C17H29N5O2. The topological polar surface area (TPSA) is 79.4 Å². The zero-order valence-corrected chi connectivity index (χ0v) is 15.1. The molecule has 7 nitrogen and oxygen atoms in total. The first-order chi connectivity index (χ1) is 11.4. The van der Waals surface area contributed by atoms with E-state index < -0.39 is 0 Å². The van der Waals surface area contributed by atoms with Gasteiger partial charge < -0.3 is 20.3 Å². The van der Waals surface area contributed by atoms with E-state index in [1.54, 1.807) is 13.3 Å². The minimum atomic E-state index is -0.236. The SMILES string of the molecule is COC(C)(C)C[C@@H](C)NC(=O)N1CCC(Nc2cccnn2)CC1. The molecule has 1 aliphatic heterocycles. The molecule has 1 aromatic rings. The van der Waals surface area contributed by atoms with Crippen LogP contribution in [0.15, 0.2) is 18.3 Å². The first kappa shape index (κ1) is 18.4. The van der Waals surface area contributed by atoms with E-state index in [0.717, 1.165) is 38.2 Å². The fourth-order valence-electron chi connectivity index (χ4n) is 2.99. The van der Waals surface area contributed by atoms with Crippen LogP contribution in [0.4, 0.5) is 10.6 Å². The highest BCUT2D eigenvalue weighted by Crippen LogP contribution is 2.17. The lowest BCUT2D eigenvalue weighted by Crippen LogP contribution is -2.50. The van der Waals surface area contributed by atoms with Gasteiger partial charge in [0.15, 0.2) is 0 Å². The Labute approximate surface area is 144 Å². The summed E-state index contributed by atoms with van der Waals surface area (Å²) in [6, 6.07) is 4.18. The second-order valence-corrected chi connectivity index (χ2v) is 7.03. The molecule has 0 aliphatic carbocycles. The Bertz CT molecular complexity index is 515. The van der Waals surface area contributed by atoms with E-state index in [1.165, 1.54) is 0 Å². The van der Waals surface area contributed by atoms with Crippen LogP contribution in [-0.4, -0.2) is 59.0 Å². The number of nitrogens with zero attached hydrogens (tertiary/aromatic N) is 3. The molecule has 0 spiro atoms. The second-order valence-electron chi connectivity index (χ2n) is 7.03. The number of urea groups is 1. The number of aromatic nitrogens is 2. The summed E-state index contributed by atoms with van der Waals surface area (Å²) < 4.78 is 5.42. The largest absolute Gasteiger partial charge is 0.379 e. The van der Waals surface area contributed by atoms with Gasteiger partial charge in [0.2, 0.25) is 0 Å². The molecule has 1 saturated heterocycles. The molecule has 1 fully saturated rings. The van der Waals surface area contributed by atoms with E-state index >= 15 is 0 Å². The van der Waals surface area contributed by atoms with E-state index in [-0.39, 0.29) is 17.7 Å².